The molecule has 0 saturated carbocycles. The molecular formula is C14H20BrNO. The summed E-state index contributed by atoms with van der Waals surface area (Å²) in [7, 11) is 0. The fourth-order valence-electron chi connectivity index (χ4n) is 1.48. The van der Waals surface area contributed by atoms with Gasteiger partial charge in [0.1, 0.15) is 5.78 Å². The molecule has 0 bridgehead atoms. The van der Waals surface area contributed by atoms with Crippen LogP contribution in [0.3, 0.4) is 0 Å². The summed E-state index contributed by atoms with van der Waals surface area (Å²) >= 11 is 3.45. The second-order valence-electron chi connectivity index (χ2n) is 5.48. The van der Waals surface area contributed by atoms with E-state index < -0.39 is 0 Å². The van der Waals surface area contributed by atoms with Crippen molar-refractivity contribution >= 4 is 21.7 Å². The number of rotatable bonds is 4. The van der Waals surface area contributed by atoms with Crippen LogP contribution in [0.15, 0.2) is 28.7 Å². The fourth-order valence-corrected chi connectivity index (χ4v) is 1.90. The van der Waals surface area contributed by atoms with Gasteiger partial charge in [-0.3, -0.25) is 4.79 Å². The summed E-state index contributed by atoms with van der Waals surface area (Å²) in [6.45, 7) is 6.18. The van der Waals surface area contributed by atoms with E-state index in [0.717, 1.165) is 10.0 Å². The van der Waals surface area contributed by atoms with Crippen LogP contribution in [0.2, 0.25) is 0 Å². The number of nitrogens with two attached hydrogens (primary N) is 1. The van der Waals surface area contributed by atoms with Crippen LogP contribution in [0.4, 0.5) is 0 Å². The first-order chi connectivity index (χ1) is 7.80. The minimum Gasteiger partial charge on any atom is -0.327 e. The summed E-state index contributed by atoms with van der Waals surface area (Å²) in [5.41, 5.74) is 7.01. The summed E-state index contributed by atoms with van der Waals surface area (Å²) in [6, 6.07) is 7.71. The van der Waals surface area contributed by atoms with E-state index in [4.69, 9.17) is 5.73 Å². The molecule has 0 amide bonds. The van der Waals surface area contributed by atoms with Crippen molar-refractivity contribution < 1.29 is 4.79 Å². The topological polar surface area (TPSA) is 43.1 Å². The van der Waals surface area contributed by atoms with Gasteiger partial charge in [-0.1, -0.05) is 54.9 Å². The highest BCUT2D eigenvalue weighted by atomic mass is 79.9. The van der Waals surface area contributed by atoms with Crippen molar-refractivity contribution in [1.82, 2.24) is 0 Å². The molecular weight excluding hydrogens is 278 g/mol. The molecule has 0 heterocycles. The highest BCUT2D eigenvalue weighted by Gasteiger charge is 2.23. The molecule has 1 aromatic rings. The minimum atomic E-state index is -0.0857. The van der Waals surface area contributed by atoms with Crippen molar-refractivity contribution in [3.05, 3.63) is 34.3 Å². The van der Waals surface area contributed by atoms with E-state index in [9.17, 15) is 4.79 Å². The largest absolute Gasteiger partial charge is 0.327 e. The number of benzene rings is 1. The van der Waals surface area contributed by atoms with E-state index in [2.05, 4.69) is 36.7 Å². The van der Waals surface area contributed by atoms with Gasteiger partial charge in [-0.15, -0.1) is 0 Å². The van der Waals surface area contributed by atoms with Crippen molar-refractivity contribution in [2.75, 3.05) is 0 Å². The molecule has 0 aromatic heterocycles. The van der Waals surface area contributed by atoms with Crippen LogP contribution in [-0.4, -0.2) is 11.8 Å². The lowest BCUT2D eigenvalue weighted by atomic mass is 9.84. The highest BCUT2D eigenvalue weighted by molar-refractivity contribution is 9.10. The molecule has 17 heavy (non-hydrogen) atoms. The molecule has 2 N–H and O–H groups in total. The van der Waals surface area contributed by atoms with Gasteiger partial charge in [0.2, 0.25) is 0 Å². The van der Waals surface area contributed by atoms with Crippen molar-refractivity contribution in [1.29, 1.82) is 0 Å². The summed E-state index contributed by atoms with van der Waals surface area (Å²) in [6.07, 6.45) is 0.885. The molecule has 0 spiro atoms. The Kier molecular flexibility index (Phi) is 4.90. The summed E-state index contributed by atoms with van der Waals surface area (Å²) < 4.78 is 0.984. The number of halogens is 1. The van der Waals surface area contributed by atoms with Crippen LogP contribution in [0.5, 0.6) is 0 Å². The lowest BCUT2D eigenvalue weighted by Gasteiger charge is -2.26. The zero-order chi connectivity index (χ0) is 13.1. The summed E-state index contributed by atoms with van der Waals surface area (Å²) in [4.78, 5) is 11.9. The Morgan fingerprint density at radius 1 is 1.35 bits per heavy atom. The molecule has 1 atom stereocenters. The Morgan fingerprint density at radius 2 is 1.94 bits per heavy atom. The van der Waals surface area contributed by atoms with Crippen LogP contribution in [0, 0.1) is 5.41 Å². The van der Waals surface area contributed by atoms with Gasteiger partial charge in [0, 0.05) is 23.4 Å². The molecule has 94 valence electrons. The van der Waals surface area contributed by atoms with Gasteiger partial charge in [0.25, 0.3) is 0 Å². The van der Waals surface area contributed by atoms with Crippen LogP contribution in [-0.2, 0) is 11.2 Å². The first-order valence-corrected chi connectivity index (χ1v) is 6.60. The van der Waals surface area contributed by atoms with E-state index in [-0.39, 0.29) is 17.2 Å². The van der Waals surface area contributed by atoms with Gasteiger partial charge in [-0.05, 0) is 17.0 Å². The number of hydrogen-bond donors (Lipinski definition) is 1. The summed E-state index contributed by atoms with van der Waals surface area (Å²) in [5, 5.41) is 0. The molecule has 1 rings (SSSR count). The molecule has 3 heteroatoms. The maximum Gasteiger partial charge on any atom is 0.138 e. The molecule has 0 aliphatic carbocycles. The summed E-state index contributed by atoms with van der Waals surface area (Å²) in [5.74, 6) is 0.194. The molecule has 1 unspecified atom stereocenters. The van der Waals surface area contributed by atoms with E-state index in [1.807, 2.05) is 24.3 Å². The zero-order valence-electron chi connectivity index (χ0n) is 10.7. The van der Waals surface area contributed by atoms with Gasteiger partial charge >= 0.3 is 0 Å². The maximum absolute atomic E-state index is 11.9. The second-order valence-corrected chi connectivity index (χ2v) is 6.34. The molecule has 0 saturated heterocycles. The van der Waals surface area contributed by atoms with E-state index >= 15 is 0 Å². The van der Waals surface area contributed by atoms with Crippen molar-refractivity contribution in [2.45, 2.75) is 39.7 Å². The SMILES string of the molecule is CC(C)(C)C(N)CC(=O)Cc1ccccc1Br. The van der Waals surface area contributed by atoms with Crippen LogP contribution in [0.1, 0.15) is 32.8 Å². The van der Waals surface area contributed by atoms with Crippen molar-refractivity contribution in [3.8, 4) is 0 Å². The first kappa shape index (κ1) is 14.4. The molecule has 0 radical (unpaired) electrons. The van der Waals surface area contributed by atoms with E-state index in [0.29, 0.717) is 12.8 Å². The molecule has 0 fully saturated rings. The molecule has 0 aliphatic heterocycles. The van der Waals surface area contributed by atoms with Gasteiger partial charge < -0.3 is 5.73 Å². The Bertz CT molecular complexity index is 395. The molecule has 2 nitrogen and oxygen atoms in total. The van der Waals surface area contributed by atoms with E-state index in [1.54, 1.807) is 0 Å². The Hall–Kier alpha value is -0.670. The molecule has 0 aliphatic rings. The number of Topliss-reactive ketones (excluding diaryl/α,β-unsaturated/α-hetero) is 1. The number of carbonyl (C=O) groups is 1. The van der Waals surface area contributed by atoms with Crippen molar-refractivity contribution in [2.24, 2.45) is 11.1 Å². The van der Waals surface area contributed by atoms with E-state index in [1.165, 1.54) is 0 Å². The third-order valence-electron chi connectivity index (χ3n) is 2.91. The van der Waals surface area contributed by atoms with Gasteiger partial charge in [-0.25, -0.2) is 0 Å². The van der Waals surface area contributed by atoms with Gasteiger partial charge in [0.05, 0.1) is 0 Å². The maximum atomic E-state index is 11.9. The smallest absolute Gasteiger partial charge is 0.138 e. The predicted molar refractivity (Wildman–Crippen MR) is 74.9 cm³/mol. The lowest BCUT2D eigenvalue weighted by Crippen LogP contribution is -2.37. The van der Waals surface area contributed by atoms with Crippen molar-refractivity contribution in [3.63, 3.8) is 0 Å². The lowest BCUT2D eigenvalue weighted by molar-refractivity contribution is -0.119. The Balaban J connectivity index is 2.60. The molecule has 1 aromatic carbocycles. The Morgan fingerprint density at radius 3 is 2.47 bits per heavy atom. The van der Waals surface area contributed by atoms with Crippen LogP contribution in [0.25, 0.3) is 0 Å². The normalized spacial score (nSPS) is 13.5. The van der Waals surface area contributed by atoms with Gasteiger partial charge in [0.15, 0.2) is 0 Å². The number of carbonyl (C=O) groups excluding carboxylic acids is 1. The average Bonchev–Trinajstić information content (AvgIpc) is 2.20. The minimum absolute atomic E-state index is 0.0242. The third-order valence-corrected chi connectivity index (χ3v) is 3.68. The van der Waals surface area contributed by atoms with Gasteiger partial charge in [-0.2, -0.15) is 0 Å². The predicted octanol–water partition coefficient (Wildman–Crippen LogP) is 3.32. The average molecular weight is 298 g/mol. The highest BCUT2D eigenvalue weighted by Crippen LogP contribution is 2.22. The fraction of sp³-hybridized carbons (Fsp3) is 0.500. The Labute approximate surface area is 112 Å². The third kappa shape index (κ3) is 4.60. The quantitative estimate of drug-likeness (QED) is 0.926. The number of ketones is 1. The van der Waals surface area contributed by atoms with Crippen LogP contribution >= 0.6 is 15.9 Å². The number of hydrogen-bond acceptors (Lipinski definition) is 2. The second kappa shape index (κ2) is 5.78. The van der Waals surface area contributed by atoms with Crippen LogP contribution < -0.4 is 5.73 Å². The zero-order valence-corrected chi connectivity index (χ0v) is 12.3. The standard InChI is InChI=1S/C14H20BrNO/c1-14(2,3)13(16)9-11(17)8-10-6-4-5-7-12(10)15/h4-7,13H,8-9,16H2,1-3H3. The first-order valence-electron chi connectivity index (χ1n) is 5.81. The monoisotopic (exact) mass is 297 g/mol.